The van der Waals surface area contributed by atoms with E-state index in [-0.39, 0.29) is 18.0 Å². The second-order valence-electron chi connectivity index (χ2n) is 4.00. The zero-order valence-corrected chi connectivity index (χ0v) is 9.16. The Balaban J connectivity index is 1.89. The first kappa shape index (κ1) is 11.4. The second kappa shape index (κ2) is 4.83. The average molecular weight is 233 g/mol. The van der Waals surface area contributed by atoms with Gasteiger partial charge in [-0.15, -0.1) is 0 Å². The Morgan fingerprint density at radius 1 is 1.53 bits per heavy atom. The maximum atomic E-state index is 13.0. The smallest absolute Gasteiger partial charge is 0.239 e. The highest BCUT2D eigenvalue weighted by Gasteiger charge is 2.22. The van der Waals surface area contributed by atoms with Gasteiger partial charge in [-0.1, -0.05) is 0 Å². The highest BCUT2D eigenvalue weighted by molar-refractivity contribution is 5.81. The molecule has 0 aliphatic heterocycles. The van der Waals surface area contributed by atoms with Crippen LogP contribution in [0.25, 0.3) is 0 Å². The summed E-state index contributed by atoms with van der Waals surface area (Å²) in [5, 5.41) is 14.3. The molecule has 1 aromatic carbocycles. The number of nitrogens with zero attached hydrogens (tertiary/aromatic N) is 1. The molecule has 1 fully saturated rings. The molecule has 1 aliphatic rings. The van der Waals surface area contributed by atoms with Crippen molar-refractivity contribution in [1.82, 2.24) is 5.32 Å². The summed E-state index contributed by atoms with van der Waals surface area (Å²) in [6, 6.07) is 6.17. The van der Waals surface area contributed by atoms with E-state index in [9.17, 15) is 9.18 Å². The molecule has 0 bridgehead atoms. The lowest BCUT2D eigenvalue weighted by Crippen LogP contribution is -2.31. The molecule has 0 unspecified atom stereocenters. The van der Waals surface area contributed by atoms with Gasteiger partial charge in [0.2, 0.25) is 5.91 Å². The Labute approximate surface area is 98.4 Å². The molecule has 1 aliphatic carbocycles. The molecule has 0 heterocycles. The molecule has 0 spiro atoms. The summed E-state index contributed by atoms with van der Waals surface area (Å²) < 4.78 is 13.0. The largest absolute Gasteiger partial charge is 0.376 e. The number of nitriles is 1. The van der Waals surface area contributed by atoms with Crippen LogP contribution in [0.4, 0.5) is 10.1 Å². The summed E-state index contributed by atoms with van der Waals surface area (Å²) in [6.45, 7) is 0.132. The van der Waals surface area contributed by atoms with E-state index >= 15 is 0 Å². The molecule has 2 N–H and O–H groups in total. The van der Waals surface area contributed by atoms with Crippen molar-refractivity contribution < 1.29 is 9.18 Å². The number of amides is 1. The maximum Gasteiger partial charge on any atom is 0.239 e. The Bertz CT molecular complexity index is 477. The van der Waals surface area contributed by atoms with Gasteiger partial charge in [-0.2, -0.15) is 5.26 Å². The van der Waals surface area contributed by atoms with Crippen LogP contribution in [0.15, 0.2) is 18.2 Å². The van der Waals surface area contributed by atoms with Crippen LogP contribution in [0.3, 0.4) is 0 Å². The van der Waals surface area contributed by atoms with Crippen molar-refractivity contribution in [3.8, 4) is 6.07 Å². The van der Waals surface area contributed by atoms with Crippen molar-refractivity contribution in [2.24, 2.45) is 0 Å². The van der Waals surface area contributed by atoms with Crippen LogP contribution in [0.2, 0.25) is 0 Å². The monoisotopic (exact) mass is 233 g/mol. The van der Waals surface area contributed by atoms with Gasteiger partial charge in [0.15, 0.2) is 0 Å². The topological polar surface area (TPSA) is 64.9 Å². The van der Waals surface area contributed by atoms with E-state index in [0.717, 1.165) is 12.8 Å². The lowest BCUT2D eigenvalue weighted by atomic mass is 10.2. The minimum atomic E-state index is -0.555. The molecule has 0 saturated heterocycles. The van der Waals surface area contributed by atoms with Gasteiger partial charge in [-0.05, 0) is 31.0 Å². The van der Waals surface area contributed by atoms with Gasteiger partial charge >= 0.3 is 0 Å². The lowest BCUT2D eigenvalue weighted by molar-refractivity contribution is -0.119. The molecule has 5 heteroatoms. The zero-order valence-electron chi connectivity index (χ0n) is 9.16. The fourth-order valence-corrected chi connectivity index (χ4v) is 1.41. The number of halogens is 1. The van der Waals surface area contributed by atoms with E-state index < -0.39 is 5.82 Å². The summed E-state index contributed by atoms with van der Waals surface area (Å²) in [4.78, 5) is 11.4. The lowest BCUT2D eigenvalue weighted by Gasteiger charge is -2.07. The van der Waals surface area contributed by atoms with Crippen LogP contribution < -0.4 is 10.6 Å². The standard InChI is InChI=1S/C12H12FN3O/c13-11-4-3-10(5-8(11)6-14)15-7-12(17)16-9-1-2-9/h3-5,9,15H,1-2,7H2,(H,16,17). The Kier molecular flexibility index (Phi) is 3.24. The van der Waals surface area contributed by atoms with E-state index in [1.807, 2.05) is 0 Å². The van der Waals surface area contributed by atoms with Gasteiger partial charge in [0.1, 0.15) is 11.9 Å². The molecule has 0 radical (unpaired) electrons. The zero-order chi connectivity index (χ0) is 12.3. The predicted molar refractivity (Wildman–Crippen MR) is 60.8 cm³/mol. The van der Waals surface area contributed by atoms with Crippen molar-refractivity contribution in [2.45, 2.75) is 18.9 Å². The third-order valence-electron chi connectivity index (χ3n) is 2.48. The third-order valence-corrected chi connectivity index (χ3v) is 2.48. The molecular weight excluding hydrogens is 221 g/mol. The minimum absolute atomic E-state index is 0.0300. The van der Waals surface area contributed by atoms with E-state index in [0.29, 0.717) is 11.7 Å². The maximum absolute atomic E-state index is 13.0. The van der Waals surface area contributed by atoms with Crippen molar-refractivity contribution in [2.75, 3.05) is 11.9 Å². The summed E-state index contributed by atoms with van der Waals surface area (Å²) in [7, 11) is 0. The molecule has 88 valence electrons. The molecule has 0 atom stereocenters. The first-order valence-corrected chi connectivity index (χ1v) is 5.42. The van der Waals surface area contributed by atoms with Crippen molar-refractivity contribution >= 4 is 11.6 Å². The van der Waals surface area contributed by atoms with Crippen LogP contribution in [0, 0.1) is 17.1 Å². The molecule has 1 amide bonds. The molecular formula is C12H12FN3O. The average Bonchev–Trinajstić information content (AvgIpc) is 3.12. The Morgan fingerprint density at radius 2 is 2.29 bits per heavy atom. The van der Waals surface area contributed by atoms with Crippen LogP contribution in [0.1, 0.15) is 18.4 Å². The van der Waals surface area contributed by atoms with Crippen LogP contribution >= 0.6 is 0 Å². The summed E-state index contributed by atoms with van der Waals surface area (Å²) in [5.74, 6) is -0.643. The molecule has 17 heavy (non-hydrogen) atoms. The fourth-order valence-electron chi connectivity index (χ4n) is 1.41. The van der Waals surface area contributed by atoms with Gasteiger partial charge in [-0.25, -0.2) is 4.39 Å². The minimum Gasteiger partial charge on any atom is -0.376 e. The SMILES string of the molecule is N#Cc1cc(NCC(=O)NC2CC2)ccc1F. The number of carbonyl (C=O) groups excluding carboxylic acids is 1. The van der Waals surface area contributed by atoms with Crippen molar-refractivity contribution in [3.63, 3.8) is 0 Å². The molecule has 2 rings (SSSR count). The molecule has 1 aromatic rings. The van der Waals surface area contributed by atoms with Gasteiger partial charge in [0.05, 0.1) is 12.1 Å². The quantitative estimate of drug-likeness (QED) is 0.825. The van der Waals surface area contributed by atoms with Gasteiger partial charge in [0, 0.05) is 11.7 Å². The van der Waals surface area contributed by atoms with E-state index in [2.05, 4.69) is 10.6 Å². The molecule has 0 aromatic heterocycles. The predicted octanol–water partition coefficient (Wildman–Crippen LogP) is 1.39. The van der Waals surface area contributed by atoms with Crippen LogP contribution in [-0.2, 0) is 4.79 Å². The van der Waals surface area contributed by atoms with E-state index in [1.54, 1.807) is 6.07 Å². The van der Waals surface area contributed by atoms with Crippen LogP contribution in [-0.4, -0.2) is 18.5 Å². The fraction of sp³-hybridized carbons (Fsp3) is 0.333. The number of hydrogen-bond donors (Lipinski definition) is 2. The van der Waals surface area contributed by atoms with Gasteiger partial charge in [-0.3, -0.25) is 4.79 Å². The van der Waals surface area contributed by atoms with E-state index in [4.69, 9.17) is 5.26 Å². The number of anilines is 1. The van der Waals surface area contributed by atoms with Crippen LogP contribution in [0.5, 0.6) is 0 Å². The highest BCUT2D eigenvalue weighted by atomic mass is 19.1. The van der Waals surface area contributed by atoms with Crippen molar-refractivity contribution in [3.05, 3.63) is 29.6 Å². The van der Waals surface area contributed by atoms with E-state index in [1.165, 1.54) is 18.2 Å². The Morgan fingerprint density at radius 3 is 2.94 bits per heavy atom. The first-order chi connectivity index (χ1) is 8.19. The number of nitrogens with one attached hydrogen (secondary N) is 2. The number of rotatable bonds is 4. The molecule has 4 nitrogen and oxygen atoms in total. The summed E-state index contributed by atoms with van der Waals surface area (Å²) in [5.41, 5.74) is 0.534. The second-order valence-corrected chi connectivity index (χ2v) is 4.00. The number of benzene rings is 1. The van der Waals surface area contributed by atoms with Gasteiger partial charge in [0.25, 0.3) is 0 Å². The summed E-state index contributed by atoms with van der Waals surface area (Å²) in [6.07, 6.45) is 2.09. The highest BCUT2D eigenvalue weighted by Crippen LogP contribution is 2.18. The molecule has 1 saturated carbocycles. The number of carbonyl (C=O) groups is 1. The normalized spacial score (nSPS) is 13.9. The summed E-state index contributed by atoms with van der Waals surface area (Å²) >= 11 is 0. The Hall–Kier alpha value is -2.09. The van der Waals surface area contributed by atoms with Crippen molar-refractivity contribution in [1.29, 1.82) is 5.26 Å². The van der Waals surface area contributed by atoms with Gasteiger partial charge < -0.3 is 10.6 Å². The third kappa shape index (κ3) is 3.18. The number of hydrogen-bond acceptors (Lipinski definition) is 3. The first-order valence-electron chi connectivity index (χ1n) is 5.42.